The summed E-state index contributed by atoms with van der Waals surface area (Å²) >= 11 is 8.72. The summed E-state index contributed by atoms with van der Waals surface area (Å²) < 4.78 is 1.59. The van der Waals surface area contributed by atoms with Crippen LogP contribution in [0.25, 0.3) is 15.9 Å². The molecule has 0 bridgehead atoms. The van der Waals surface area contributed by atoms with Crippen LogP contribution in [-0.2, 0) is 4.79 Å². The summed E-state index contributed by atoms with van der Waals surface area (Å²) in [4.78, 5) is 48.5. The number of likely N-dealkylation sites (tertiary alicyclic amines) is 1. The average Bonchev–Trinajstić information content (AvgIpc) is 3.04. The number of fused-ring (bicyclic) bond motifs is 1. The lowest BCUT2D eigenvalue weighted by atomic mass is 10.2. The second kappa shape index (κ2) is 10.2. The average molecular weight is 538 g/mol. The van der Waals surface area contributed by atoms with Gasteiger partial charge in [-0.25, -0.2) is 4.98 Å². The van der Waals surface area contributed by atoms with Gasteiger partial charge in [0.2, 0.25) is 5.91 Å². The van der Waals surface area contributed by atoms with E-state index in [9.17, 15) is 14.4 Å². The number of hydrogen-bond acceptors (Lipinski definition) is 6. The van der Waals surface area contributed by atoms with E-state index in [0.29, 0.717) is 44.6 Å². The molecule has 4 aromatic rings. The minimum atomic E-state index is -0.537. The molecule has 0 N–H and O–H groups in total. The van der Waals surface area contributed by atoms with Crippen LogP contribution in [0, 0.1) is 13.8 Å². The number of thiophene rings is 1. The van der Waals surface area contributed by atoms with Crippen LogP contribution >= 0.6 is 34.7 Å². The first kappa shape index (κ1) is 24.7. The van der Waals surface area contributed by atoms with Crippen molar-refractivity contribution in [2.75, 3.05) is 6.54 Å². The van der Waals surface area contributed by atoms with Crippen molar-refractivity contribution in [3.05, 3.63) is 86.0 Å². The molecule has 184 valence electrons. The van der Waals surface area contributed by atoms with Crippen molar-refractivity contribution in [3.63, 3.8) is 0 Å². The molecule has 1 aliphatic rings. The van der Waals surface area contributed by atoms with Crippen LogP contribution in [0.4, 0.5) is 0 Å². The van der Waals surface area contributed by atoms with Gasteiger partial charge in [-0.05, 0) is 68.7 Å². The Bertz CT molecular complexity index is 1510. The molecule has 6 nitrogen and oxygen atoms in total. The molecule has 2 aromatic carbocycles. The molecule has 1 aliphatic heterocycles. The van der Waals surface area contributed by atoms with Crippen molar-refractivity contribution in [2.24, 2.45) is 0 Å². The zero-order valence-corrected chi connectivity index (χ0v) is 22.3. The van der Waals surface area contributed by atoms with Crippen molar-refractivity contribution >= 4 is 56.7 Å². The van der Waals surface area contributed by atoms with E-state index < -0.39 is 5.25 Å². The van der Waals surface area contributed by atoms with E-state index in [1.54, 1.807) is 28.8 Å². The SMILES string of the molecule is Cc1sc2nc(SC3CCCCN(C(=O)c4ccc(Cl)cc4)C3=O)n(-c3ccccc3)c(=O)c2c1C. The highest BCUT2D eigenvalue weighted by atomic mass is 35.5. The van der Waals surface area contributed by atoms with E-state index in [1.807, 2.05) is 44.2 Å². The Morgan fingerprint density at radius 3 is 2.50 bits per heavy atom. The Kier molecular flexibility index (Phi) is 7.01. The fraction of sp³-hybridized carbons (Fsp3) is 0.259. The van der Waals surface area contributed by atoms with Crippen LogP contribution in [0.15, 0.2) is 64.5 Å². The van der Waals surface area contributed by atoms with Gasteiger partial charge < -0.3 is 0 Å². The van der Waals surface area contributed by atoms with Gasteiger partial charge in [0, 0.05) is 22.0 Å². The van der Waals surface area contributed by atoms with Crippen LogP contribution in [0.3, 0.4) is 0 Å². The third-order valence-electron chi connectivity index (χ3n) is 6.41. The molecule has 2 amide bonds. The van der Waals surface area contributed by atoms with E-state index in [0.717, 1.165) is 23.3 Å². The van der Waals surface area contributed by atoms with Crippen molar-refractivity contribution in [1.29, 1.82) is 0 Å². The maximum atomic E-state index is 13.7. The third kappa shape index (κ3) is 4.61. The largest absolute Gasteiger partial charge is 0.278 e. The monoisotopic (exact) mass is 537 g/mol. The fourth-order valence-electron chi connectivity index (χ4n) is 4.35. The molecule has 2 aromatic heterocycles. The van der Waals surface area contributed by atoms with Gasteiger partial charge in [0.25, 0.3) is 11.5 Å². The summed E-state index contributed by atoms with van der Waals surface area (Å²) in [5.41, 5.74) is 1.89. The van der Waals surface area contributed by atoms with Gasteiger partial charge in [0.1, 0.15) is 4.83 Å². The number of benzene rings is 2. The molecule has 9 heteroatoms. The molecule has 1 atom stereocenters. The summed E-state index contributed by atoms with van der Waals surface area (Å²) in [6.45, 7) is 4.28. The van der Waals surface area contributed by atoms with Crippen molar-refractivity contribution in [3.8, 4) is 5.69 Å². The zero-order valence-electron chi connectivity index (χ0n) is 19.9. The Balaban J connectivity index is 1.55. The predicted octanol–water partition coefficient (Wildman–Crippen LogP) is 6.03. The third-order valence-corrected chi connectivity index (χ3v) is 8.97. The first-order valence-electron chi connectivity index (χ1n) is 11.7. The highest BCUT2D eigenvalue weighted by Crippen LogP contribution is 2.34. The van der Waals surface area contributed by atoms with Gasteiger partial charge >= 0.3 is 0 Å². The number of halogens is 1. The molecule has 0 aliphatic carbocycles. The zero-order chi connectivity index (χ0) is 25.4. The van der Waals surface area contributed by atoms with Gasteiger partial charge in [-0.2, -0.15) is 0 Å². The maximum absolute atomic E-state index is 13.7. The standard InChI is InChI=1S/C27H24ClN3O3S2/c1-16-17(2)35-23-22(16)26(34)31(20-8-4-3-5-9-20)27(29-23)36-21-10-6-7-15-30(25(21)33)24(32)18-11-13-19(28)14-12-18/h3-5,8-9,11-14,21H,6-7,10,15H2,1-2H3. The van der Waals surface area contributed by atoms with Gasteiger partial charge in [-0.15, -0.1) is 11.3 Å². The normalized spacial score (nSPS) is 16.4. The lowest BCUT2D eigenvalue weighted by Gasteiger charge is -2.23. The van der Waals surface area contributed by atoms with E-state index in [-0.39, 0.29) is 17.4 Å². The molecule has 3 heterocycles. The van der Waals surface area contributed by atoms with Crippen LogP contribution < -0.4 is 5.56 Å². The number of rotatable bonds is 4. The lowest BCUT2D eigenvalue weighted by Crippen LogP contribution is -2.41. The Hall–Kier alpha value is -2.94. The molecule has 36 heavy (non-hydrogen) atoms. The maximum Gasteiger partial charge on any atom is 0.267 e. The summed E-state index contributed by atoms with van der Waals surface area (Å²) in [5.74, 6) is -0.595. The first-order valence-corrected chi connectivity index (χ1v) is 13.8. The van der Waals surface area contributed by atoms with E-state index in [1.165, 1.54) is 28.0 Å². The number of amides is 2. The van der Waals surface area contributed by atoms with Crippen molar-refractivity contribution < 1.29 is 9.59 Å². The molecule has 0 spiro atoms. The number of hydrogen-bond donors (Lipinski definition) is 0. The van der Waals surface area contributed by atoms with Gasteiger partial charge in [-0.3, -0.25) is 23.9 Å². The van der Waals surface area contributed by atoms with E-state index >= 15 is 0 Å². The second-order valence-corrected chi connectivity index (χ2v) is 11.5. The summed E-state index contributed by atoms with van der Waals surface area (Å²) in [7, 11) is 0. The Morgan fingerprint density at radius 2 is 1.78 bits per heavy atom. The number of carbonyl (C=O) groups is 2. The van der Waals surface area contributed by atoms with Crippen LogP contribution in [0.1, 0.15) is 40.1 Å². The topological polar surface area (TPSA) is 72.3 Å². The number of aryl methyl sites for hydroxylation is 2. The molecular weight excluding hydrogens is 514 g/mol. The molecule has 1 fully saturated rings. The minimum absolute atomic E-state index is 0.147. The number of imide groups is 1. The van der Waals surface area contributed by atoms with E-state index in [4.69, 9.17) is 16.6 Å². The van der Waals surface area contributed by atoms with Gasteiger partial charge in [0.05, 0.1) is 16.3 Å². The van der Waals surface area contributed by atoms with Crippen LogP contribution in [-0.4, -0.2) is 38.1 Å². The number of aromatic nitrogens is 2. The molecule has 1 saturated heterocycles. The highest BCUT2D eigenvalue weighted by molar-refractivity contribution is 8.00. The summed E-state index contributed by atoms with van der Waals surface area (Å²) in [5, 5.41) is 1.06. The van der Waals surface area contributed by atoms with Crippen molar-refractivity contribution in [2.45, 2.75) is 43.5 Å². The first-order chi connectivity index (χ1) is 17.3. The summed E-state index contributed by atoms with van der Waals surface area (Å²) in [6.07, 6.45) is 2.12. The molecule has 1 unspecified atom stereocenters. The number of nitrogens with zero attached hydrogens (tertiary/aromatic N) is 3. The Labute approximate surface area is 221 Å². The van der Waals surface area contributed by atoms with Crippen LogP contribution in [0.5, 0.6) is 0 Å². The fourth-order valence-corrected chi connectivity index (χ4v) is 6.76. The summed E-state index contributed by atoms with van der Waals surface area (Å²) in [6, 6.07) is 15.9. The predicted molar refractivity (Wildman–Crippen MR) is 146 cm³/mol. The lowest BCUT2D eigenvalue weighted by molar-refractivity contribution is -0.127. The Morgan fingerprint density at radius 1 is 1.06 bits per heavy atom. The van der Waals surface area contributed by atoms with E-state index in [2.05, 4.69) is 0 Å². The minimum Gasteiger partial charge on any atom is -0.278 e. The molecule has 5 rings (SSSR count). The number of carbonyl (C=O) groups excluding carboxylic acids is 2. The molecule has 0 saturated carbocycles. The van der Waals surface area contributed by atoms with Gasteiger partial charge in [-0.1, -0.05) is 48.0 Å². The number of thioether (sulfide) groups is 1. The van der Waals surface area contributed by atoms with Crippen LogP contribution in [0.2, 0.25) is 5.02 Å². The van der Waals surface area contributed by atoms with Gasteiger partial charge in [0.15, 0.2) is 5.16 Å². The van der Waals surface area contributed by atoms with Crippen molar-refractivity contribution in [1.82, 2.24) is 14.5 Å². The highest BCUT2D eigenvalue weighted by Gasteiger charge is 2.33. The molecule has 0 radical (unpaired) electrons. The molecular formula is C27H24ClN3O3S2. The smallest absolute Gasteiger partial charge is 0.267 e. The quantitative estimate of drug-likeness (QED) is 0.235. The number of para-hydroxylation sites is 1. The second-order valence-electron chi connectivity index (χ2n) is 8.74.